The molecule has 82 valence electrons. The number of aliphatic carboxylic acids is 1. The van der Waals surface area contributed by atoms with E-state index in [0.717, 1.165) is 5.56 Å². The first-order valence-electron chi connectivity index (χ1n) is 4.80. The Bertz CT molecular complexity index is 366. The summed E-state index contributed by atoms with van der Waals surface area (Å²) >= 11 is 5.98. The van der Waals surface area contributed by atoms with E-state index in [2.05, 4.69) is 5.32 Å². The normalized spacial score (nSPS) is 12.2. The van der Waals surface area contributed by atoms with Gasteiger partial charge in [-0.15, -0.1) is 0 Å². The van der Waals surface area contributed by atoms with Crippen LogP contribution in [0.3, 0.4) is 0 Å². The van der Waals surface area contributed by atoms with Crippen LogP contribution in [0.4, 0.5) is 5.69 Å². The van der Waals surface area contributed by atoms with E-state index < -0.39 is 12.0 Å². The van der Waals surface area contributed by atoms with Crippen LogP contribution in [0, 0.1) is 6.92 Å². The van der Waals surface area contributed by atoms with Gasteiger partial charge in [0, 0.05) is 0 Å². The molecule has 1 rings (SSSR count). The number of hydrogen-bond donors (Lipinski definition) is 2. The minimum absolute atomic E-state index is 0.513. The molecule has 4 heteroatoms. The number of aryl methyl sites for hydroxylation is 1. The van der Waals surface area contributed by atoms with Crippen molar-refractivity contribution in [2.24, 2.45) is 0 Å². The topological polar surface area (TPSA) is 49.3 Å². The molecule has 3 nitrogen and oxygen atoms in total. The Hall–Kier alpha value is -1.22. The largest absolute Gasteiger partial charge is 0.480 e. The lowest BCUT2D eigenvalue weighted by Gasteiger charge is -2.15. The Labute approximate surface area is 94.1 Å². The predicted molar refractivity (Wildman–Crippen MR) is 61.5 cm³/mol. The fourth-order valence-corrected chi connectivity index (χ4v) is 1.55. The standard InChI is InChI=1S/C11H14ClNO2/c1-3-9(11(14)15)13-10-5-4-7(2)6-8(10)12/h4-6,9,13H,3H2,1-2H3,(H,14,15). The number of hydrogen-bond acceptors (Lipinski definition) is 2. The molecule has 0 heterocycles. The summed E-state index contributed by atoms with van der Waals surface area (Å²) in [5.41, 5.74) is 1.71. The van der Waals surface area contributed by atoms with Gasteiger partial charge in [0.05, 0.1) is 10.7 Å². The second-order valence-electron chi connectivity index (χ2n) is 3.43. The first-order chi connectivity index (χ1) is 7.04. The van der Waals surface area contributed by atoms with Crippen LogP contribution in [0.15, 0.2) is 18.2 Å². The van der Waals surface area contributed by atoms with Gasteiger partial charge in [-0.2, -0.15) is 0 Å². The number of halogens is 1. The molecule has 1 atom stereocenters. The molecule has 0 amide bonds. The molecule has 0 aliphatic rings. The first kappa shape index (κ1) is 11.9. The van der Waals surface area contributed by atoms with E-state index in [4.69, 9.17) is 16.7 Å². The highest BCUT2D eigenvalue weighted by atomic mass is 35.5. The summed E-state index contributed by atoms with van der Waals surface area (Å²) in [4.78, 5) is 10.8. The maximum atomic E-state index is 10.8. The van der Waals surface area contributed by atoms with Gasteiger partial charge in [0.25, 0.3) is 0 Å². The molecule has 0 spiro atoms. The van der Waals surface area contributed by atoms with Crippen LogP contribution >= 0.6 is 11.6 Å². The molecule has 0 aliphatic carbocycles. The highest BCUT2D eigenvalue weighted by molar-refractivity contribution is 6.33. The molecule has 0 bridgehead atoms. The second kappa shape index (κ2) is 5.03. The van der Waals surface area contributed by atoms with Gasteiger partial charge in [-0.3, -0.25) is 0 Å². The van der Waals surface area contributed by atoms with Crippen LogP contribution in [0.1, 0.15) is 18.9 Å². The minimum atomic E-state index is -0.867. The highest BCUT2D eigenvalue weighted by Crippen LogP contribution is 2.23. The lowest BCUT2D eigenvalue weighted by Crippen LogP contribution is -2.28. The third-order valence-electron chi connectivity index (χ3n) is 2.16. The fraction of sp³-hybridized carbons (Fsp3) is 0.364. The Kier molecular flexibility index (Phi) is 3.97. The summed E-state index contributed by atoms with van der Waals surface area (Å²) in [5, 5.41) is 12.3. The number of carboxylic acid groups (broad SMARTS) is 1. The van der Waals surface area contributed by atoms with Crippen molar-refractivity contribution in [1.29, 1.82) is 0 Å². The molecule has 1 unspecified atom stereocenters. The van der Waals surface area contributed by atoms with Crippen LogP contribution in [0.5, 0.6) is 0 Å². The van der Waals surface area contributed by atoms with E-state index in [1.165, 1.54) is 0 Å². The molecule has 1 aromatic carbocycles. The van der Waals surface area contributed by atoms with Gasteiger partial charge in [-0.05, 0) is 31.0 Å². The van der Waals surface area contributed by atoms with Gasteiger partial charge in [-0.1, -0.05) is 24.6 Å². The Morgan fingerprint density at radius 1 is 1.60 bits per heavy atom. The van der Waals surface area contributed by atoms with Crippen molar-refractivity contribution >= 4 is 23.3 Å². The average Bonchev–Trinajstić information content (AvgIpc) is 2.16. The minimum Gasteiger partial charge on any atom is -0.480 e. The molecule has 0 saturated heterocycles. The monoisotopic (exact) mass is 227 g/mol. The summed E-state index contributed by atoms with van der Waals surface area (Å²) in [5.74, 6) is -0.867. The number of nitrogens with one attached hydrogen (secondary N) is 1. The zero-order valence-corrected chi connectivity index (χ0v) is 9.51. The molecule has 0 saturated carbocycles. The van der Waals surface area contributed by atoms with Crippen molar-refractivity contribution < 1.29 is 9.90 Å². The lowest BCUT2D eigenvalue weighted by molar-refractivity contribution is -0.137. The van der Waals surface area contributed by atoms with Crippen molar-refractivity contribution in [1.82, 2.24) is 0 Å². The van der Waals surface area contributed by atoms with Crippen LogP contribution in [0.2, 0.25) is 5.02 Å². The number of rotatable bonds is 4. The first-order valence-corrected chi connectivity index (χ1v) is 5.18. The smallest absolute Gasteiger partial charge is 0.326 e. The lowest BCUT2D eigenvalue weighted by atomic mass is 10.2. The third-order valence-corrected chi connectivity index (χ3v) is 2.47. The maximum Gasteiger partial charge on any atom is 0.326 e. The zero-order chi connectivity index (χ0) is 11.4. The Balaban J connectivity index is 2.84. The van der Waals surface area contributed by atoms with Crippen molar-refractivity contribution in [3.8, 4) is 0 Å². The van der Waals surface area contributed by atoms with Crippen LogP contribution in [-0.2, 0) is 4.79 Å². The van der Waals surface area contributed by atoms with Crippen molar-refractivity contribution in [3.63, 3.8) is 0 Å². The van der Waals surface area contributed by atoms with Crippen molar-refractivity contribution in [2.45, 2.75) is 26.3 Å². The van der Waals surface area contributed by atoms with E-state index >= 15 is 0 Å². The fourth-order valence-electron chi connectivity index (χ4n) is 1.26. The molecular weight excluding hydrogens is 214 g/mol. The van der Waals surface area contributed by atoms with Gasteiger partial charge >= 0.3 is 5.97 Å². The molecular formula is C11H14ClNO2. The molecule has 0 aromatic heterocycles. The molecule has 15 heavy (non-hydrogen) atoms. The molecule has 2 N–H and O–H groups in total. The van der Waals surface area contributed by atoms with E-state index in [0.29, 0.717) is 17.1 Å². The Morgan fingerprint density at radius 2 is 2.27 bits per heavy atom. The number of benzene rings is 1. The SMILES string of the molecule is CCC(Nc1ccc(C)cc1Cl)C(=O)O. The highest BCUT2D eigenvalue weighted by Gasteiger charge is 2.15. The van der Waals surface area contributed by atoms with Gasteiger partial charge < -0.3 is 10.4 Å². The van der Waals surface area contributed by atoms with Crippen LogP contribution < -0.4 is 5.32 Å². The summed E-state index contributed by atoms with van der Waals surface area (Å²) in [6.07, 6.45) is 0.513. The Morgan fingerprint density at radius 3 is 2.73 bits per heavy atom. The average molecular weight is 228 g/mol. The maximum absolute atomic E-state index is 10.8. The van der Waals surface area contributed by atoms with Gasteiger partial charge in [0.2, 0.25) is 0 Å². The summed E-state index contributed by atoms with van der Waals surface area (Å²) in [6, 6.07) is 4.90. The van der Waals surface area contributed by atoms with Crippen LogP contribution in [-0.4, -0.2) is 17.1 Å². The number of anilines is 1. The van der Waals surface area contributed by atoms with Gasteiger partial charge in [0.15, 0.2) is 0 Å². The third kappa shape index (κ3) is 3.13. The van der Waals surface area contributed by atoms with E-state index in [1.807, 2.05) is 19.9 Å². The quantitative estimate of drug-likeness (QED) is 0.832. The number of carboxylic acids is 1. The summed E-state index contributed by atoms with van der Waals surface area (Å²) < 4.78 is 0. The van der Waals surface area contributed by atoms with Gasteiger partial charge in [0.1, 0.15) is 6.04 Å². The molecule has 0 fully saturated rings. The zero-order valence-electron chi connectivity index (χ0n) is 8.75. The molecule has 1 aromatic rings. The van der Waals surface area contributed by atoms with E-state index in [1.54, 1.807) is 12.1 Å². The summed E-state index contributed by atoms with van der Waals surface area (Å²) in [7, 11) is 0. The molecule has 0 radical (unpaired) electrons. The molecule has 0 aliphatic heterocycles. The van der Waals surface area contributed by atoms with E-state index in [9.17, 15) is 4.79 Å². The van der Waals surface area contributed by atoms with Crippen molar-refractivity contribution in [3.05, 3.63) is 28.8 Å². The predicted octanol–water partition coefficient (Wildman–Crippen LogP) is 2.92. The van der Waals surface area contributed by atoms with Gasteiger partial charge in [-0.25, -0.2) is 4.79 Å². The van der Waals surface area contributed by atoms with E-state index in [-0.39, 0.29) is 0 Å². The summed E-state index contributed by atoms with van der Waals surface area (Å²) in [6.45, 7) is 3.75. The number of carbonyl (C=O) groups is 1. The second-order valence-corrected chi connectivity index (χ2v) is 3.83. The van der Waals surface area contributed by atoms with Crippen molar-refractivity contribution in [2.75, 3.05) is 5.32 Å². The van der Waals surface area contributed by atoms with Crippen LogP contribution in [0.25, 0.3) is 0 Å².